The Hall–Kier alpha value is -1.91. The van der Waals surface area contributed by atoms with E-state index in [2.05, 4.69) is 53.7 Å². The molecule has 2 N–H and O–H groups in total. The molecule has 0 amide bonds. The van der Waals surface area contributed by atoms with Gasteiger partial charge in [-0.25, -0.2) is 4.98 Å². The van der Waals surface area contributed by atoms with Gasteiger partial charge in [-0.15, -0.1) is 0 Å². The van der Waals surface area contributed by atoms with Crippen molar-refractivity contribution in [1.29, 1.82) is 0 Å². The molecule has 0 bridgehead atoms. The van der Waals surface area contributed by atoms with Crippen molar-refractivity contribution in [1.82, 2.24) is 9.55 Å². The molecule has 1 aromatic heterocycles. The van der Waals surface area contributed by atoms with Gasteiger partial charge in [-0.05, 0) is 73.8 Å². The molecule has 0 aliphatic heterocycles. The molecule has 4 aliphatic rings. The summed E-state index contributed by atoms with van der Waals surface area (Å²) in [6.45, 7) is 4.73. The van der Waals surface area contributed by atoms with Crippen LogP contribution in [0.4, 0.5) is 0 Å². The molecule has 6 rings (SSSR count). The maximum Gasteiger partial charge on any atom is 0.100 e. The summed E-state index contributed by atoms with van der Waals surface area (Å²) in [6, 6.07) is 8.33. The number of aliphatic hydroxyl groups is 2. The number of para-hydroxylation sites is 2. The topological polar surface area (TPSA) is 58.3 Å². The van der Waals surface area contributed by atoms with Gasteiger partial charge >= 0.3 is 0 Å². The van der Waals surface area contributed by atoms with Crippen molar-refractivity contribution in [3.8, 4) is 0 Å². The predicted molar refractivity (Wildman–Crippen MR) is 118 cm³/mol. The lowest BCUT2D eigenvalue weighted by molar-refractivity contribution is -0.105. The van der Waals surface area contributed by atoms with E-state index in [0.717, 1.165) is 49.6 Å². The highest BCUT2D eigenvalue weighted by atomic mass is 16.3. The third-order valence-electron chi connectivity index (χ3n) is 9.27. The van der Waals surface area contributed by atoms with Crippen LogP contribution in [-0.4, -0.2) is 32.0 Å². The van der Waals surface area contributed by atoms with E-state index in [4.69, 9.17) is 0 Å². The first-order valence-corrected chi connectivity index (χ1v) is 11.6. The largest absolute Gasteiger partial charge is 0.393 e. The van der Waals surface area contributed by atoms with Gasteiger partial charge in [-0.2, -0.15) is 0 Å². The van der Waals surface area contributed by atoms with Crippen LogP contribution in [0.2, 0.25) is 0 Å². The van der Waals surface area contributed by atoms with E-state index in [1.54, 1.807) is 0 Å². The number of hydrogen-bond donors (Lipinski definition) is 2. The number of imidazole rings is 1. The van der Waals surface area contributed by atoms with Crippen molar-refractivity contribution in [3.63, 3.8) is 0 Å². The molecule has 0 radical (unpaired) electrons. The van der Waals surface area contributed by atoms with E-state index >= 15 is 0 Å². The maximum absolute atomic E-state index is 11.6. The lowest BCUT2D eigenvalue weighted by atomic mass is 9.47. The molecule has 0 saturated heterocycles. The van der Waals surface area contributed by atoms with E-state index in [0.29, 0.717) is 17.8 Å². The fraction of sp³-hybridized carbons (Fsp3) is 0.577. The minimum Gasteiger partial charge on any atom is -0.393 e. The van der Waals surface area contributed by atoms with Gasteiger partial charge in [0.1, 0.15) is 6.33 Å². The van der Waals surface area contributed by atoms with E-state index in [1.165, 1.54) is 11.3 Å². The van der Waals surface area contributed by atoms with E-state index in [9.17, 15) is 10.2 Å². The second-order valence-corrected chi connectivity index (χ2v) is 10.7. The molecule has 4 aliphatic carbocycles. The number of aromatic nitrogens is 2. The SMILES string of the molecule is C[C@]12CC[C@H](O)CC1=CCC1C2C(O)C[C@]2(C)C(n3cnc4ccccc43)=CCC12. The summed E-state index contributed by atoms with van der Waals surface area (Å²) >= 11 is 0. The van der Waals surface area contributed by atoms with Crippen LogP contribution >= 0.6 is 0 Å². The van der Waals surface area contributed by atoms with Gasteiger partial charge in [0.15, 0.2) is 0 Å². The molecule has 2 fully saturated rings. The van der Waals surface area contributed by atoms with Crippen molar-refractivity contribution in [2.75, 3.05) is 0 Å². The lowest BCUT2D eigenvalue weighted by Crippen LogP contribution is -2.56. The molecule has 7 atom stereocenters. The van der Waals surface area contributed by atoms with Crippen molar-refractivity contribution >= 4 is 16.7 Å². The first-order valence-electron chi connectivity index (χ1n) is 11.6. The fourth-order valence-electron chi connectivity index (χ4n) is 7.85. The van der Waals surface area contributed by atoms with E-state index in [-0.39, 0.29) is 23.0 Å². The lowest BCUT2D eigenvalue weighted by Gasteiger charge is -2.59. The Morgan fingerprint density at radius 1 is 1.07 bits per heavy atom. The number of nitrogens with zero attached hydrogens (tertiary/aromatic N) is 2. The molecule has 1 aromatic carbocycles. The second-order valence-electron chi connectivity index (χ2n) is 10.7. The van der Waals surface area contributed by atoms with Gasteiger partial charge in [0.2, 0.25) is 0 Å². The van der Waals surface area contributed by atoms with Crippen molar-refractivity contribution in [3.05, 3.63) is 48.3 Å². The highest BCUT2D eigenvalue weighted by Gasteiger charge is 2.60. The standard InChI is InChI=1S/C26H32N2O2/c1-25-12-11-17(29)13-16(25)7-8-18-19-9-10-23(26(19,2)14-22(30)24(18)25)28-15-27-20-5-3-4-6-21(20)28/h3-7,10,15,17-19,22,24,29-30H,8-9,11-14H2,1-2H3/t17-,18?,19?,22?,24?,25-,26-/m0/s1. The number of benzene rings is 1. The van der Waals surface area contributed by atoms with Crippen molar-refractivity contribution in [2.45, 2.75) is 64.6 Å². The van der Waals surface area contributed by atoms with E-state index in [1.807, 2.05) is 12.4 Å². The summed E-state index contributed by atoms with van der Waals surface area (Å²) in [7, 11) is 0. The Morgan fingerprint density at radius 2 is 1.90 bits per heavy atom. The van der Waals surface area contributed by atoms with Crippen LogP contribution in [0.3, 0.4) is 0 Å². The molecule has 4 heteroatoms. The molecule has 4 nitrogen and oxygen atoms in total. The minimum atomic E-state index is -0.309. The molecule has 0 spiro atoms. The number of hydrogen-bond acceptors (Lipinski definition) is 3. The van der Waals surface area contributed by atoms with Crippen LogP contribution in [-0.2, 0) is 0 Å². The summed E-state index contributed by atoms with van der Waals surface area (Å²) < 4.78 is 2.27. The molecule has 2 saturated carbocycles. The molecule has 158 valence electrons. The Labute approximate surface area is 178 Å². The average molecular weight is 405 g/mol. The second kappa shape index (κ2) is 6.30. The third kappa shape index (κ3) is 2.38. The molecular formula is C26H32N2O2. The first-order chi connectivity index (χ1) is 14.4. The summed E-state index contributed by atoms with van der Waals surface area (Å²) in [4.78, 5) is 4.63. The summed E-state index contributed by atoms with van der Waals surface area (Å²) in [6.07, 6.45) is 11.8. The third-order valence-corrected chi connectivity index (χ3v) is 9.27. The summed E-state index contributed by atoms with van der Waals surface area (Å²) in [5.41, 5.74) is 4.89. The van der Waals surface area contributed by atoms with E-state index < -0.39 is 0 Å². The van der Waals surface area contributed by atoms with Crippen molar-refractivity contribution < 1.29 is 10.2 Å². The number of aliphatic hydroxyl groups excluding tert-OH is 2. The van der Waals surface area contributed by atoms with Gasteiger partial charge in [0, 0.05) is 11.1 Å². The quantitative estimate of drug-likeness (QED) is 0.673. The minimum absolute atomic E-state index is 0.0351. The highest BCUT2D eigenvalue weighted by molar-refractivity contribution is 5.80. The Balaban J connectivity index is 1.40. The predicted octanol–water partition coefficient (Wildman–Crippen LogP) is 4.78. The van der Waals surface area contributed by atoms with Gasteiger partial charge in [-0.3, -0.25) is 0 Å². The van der Waals surface area contributed by atoms with Gasteiger partial charge in [0.25, 0.3) is 0 Å². The molecular weight excluding hydrogens is 372 g/mol. The number of fused-ring (bicyclic) bond motifs is 6. The molecule has 30 heavy (non-hydrogen) atoms. The fourth-order valence-corrected chi connectivity index (χ4v) is 7.85. The van der Waals surface area contributed by atoms with Crippen molar-refractivity contribution in [2.24, 2.45) is 28.6 Å². The highest BCUT2D eigenvalue weighted by Crippen LogP contribution is 2.65. The summed E-state index contributed by atoms with van der Waals surface area (Å²) in [5.74, 6) is 1.34. The number of rotatable bonds is 1. The van der Waals surface area contributed by atoms with Crippen LogP contribution in [0, 0.1) is 28.6 Å². The smallest absolute Gasteiger partial charge is 0.100 e. The molecule has 1 heterocycles. The zero-order valence-electron chi connectivity index (χ0n) is 18.0. The molecule has 4 unspecified atom stereocenters. The van der Waals surface area contributed by atoms with Crippen LogP contribution in [0.5, 0.6) is 0 Å². The van der Waals surface area contributed by atoms with Crippen LogP contribution < -0.4 is 0 Å². The van der Waals surface area contributed by atoms with Crippen LogP contribution in [0.15, 0.2) is 48.3 Å². The maximum atomic E-state index is 11.6. The summed E-state index contributed by atoms with van der Waals surface area (Å²) in [5, 5.41) is 21.8. The van der Waals surface area contributed by atoms with Crippen LogP contribution in [0.1, 0.15) is 52.4 Å². The van der Waals surface area contributed by atoms with Gasteiger partial charge in [-0.1, -0.05) is 43.7 Å². The monoisotopic (exact) mass is 404 g/mol. The van der Waals surface area contributed by atoms with Gasteiger partial charge < -0.3 is 14.8 Å². The Kier molecular flexibility index (Phi) is 3.96. The Bertz CT molecular complexity index is 1070. The van der Waals surface area contributed by atoms with Gasteiger partial charge in [0.05, 0.1) is 23.2 Å². The zero-order chi connectivity index (χ0) is 20.7. The average Bonchev–Trinajstić information content (AvgIpc) is 3.28. The first kappa shape index (κ1) is 18.8. The van der Waals surface area contributed by atoms with Crippen LogP contribution in [0.25, 0.3) is 16.7 Å². The zero-order valence-corrected chi connectivity index (χ0v) is 18.0. The Morgan fingerprint density at radius 3 is 2.77 bits per heavy atom. The normalized spacial score (nSPS) is 42.9. The number of allylic oxidation sites excluding steroid dienone is 3. The molecule has 2 aromatic rings.